The van der Waals surface area contributed by atoms with Gasteiger partial charge in [-0.2, -0.15) is 0 Å². The molecule has 0 aromatic carbocycles. The molecule has 1 aromatic rings. The summed E-state index contributed by atoms with van der Waals surface area (Å²) in [6, 6.07) is 3.73. The van der Waals surface area contributed by atoms with Crippen molar-refractivity contribution in [3.63, 3.8) is 0 Å². The van der Waals surface area contributed by atoms with Gasteiger partial charge in [-0.1, -0.05) is 0 Å². The number of nitrogens with zero attached hydrogens (tertiary/aromatic N) is 2. The third kappa shape index (κ3) is 2.24. The fraction of sp³-hybridized carbons (Fsp3) is 0.455. The summed E-state index contributed by atoms with van der Waals surface area (Å²) in [5, 5.41) is 2.94. The van der Waals surface area contributed by atoms with Crippen LogP contribution in [0.25, 0.3) is 0 Å². The molecule has 5 nitrogen and oxygen atoms in total. The molecule has 2 heterocycles. The Morgan fingerprint density at radius 3 is 2.81 bits per heavy atom. The molecule has 2 rings (SSSR count). The van der Waals surface area contributed by atoms with Gasteiger partial charge < -0.3 is 15.0 Å². The van der Waals surface area contributed by atoms with E-state index in [1.807, 2.05) is 19.2 Å². The van der Waals surface area contributed by atoms with Gasteiger partial charge in [0.25, 0.3) is 0 Å². The summed E-state index contributed by atoms with van der Waals surface area (Å²) in [7, 11) is 1.82. The smallest absolute Gasteiger partial charge is 0.219 e. The number of ether oxygens (including phenoxy) is 1. The summed E-state index contributed by atoms with van der Waals surface area (Å²) >= 11 is 0. The lowest BCUT2D eigenvalue weighted by Crippen LogP contribution is -2.55. The number of aromatic nitrogens is 1. The molecule has 0 saturated carbocycles. The highest BCUT2D eigenvalue weighted by atomic mass is 16.5. The average molecular weight is 221 g/mol. The molecule has 1 amide bonds. The maximum atomic E-state index is 11.0. The van der Waals surface area contributed by atoms with E-state index in [1.54, 1.807) is 18.0 Å². The Morgan fingerprint density at radius 1 is 1.56 bits per heavy atom. The van der Waals surface area contributed by atoms with E-state index in [0.29, 0.717) is 13.1 Å². The van der Waals surface area contributed by atoms with Gasteiger partial charge in [0.1, 0.15) is 17.7 Å². The summed E-state index contributed by atoms with van der Waals surface area (Å²) in [5.41, 5.74) is 0. The van der Waals surface area contributed by atoms with Gasteiger partial charge in [-0.15, -0.1) is 0 Å². The van der Waals surface area contributed by atoms with Gasteiger partial charge in [-0.3, -0.25) is 4.79 Å². The van der Waals surface area contributed by atoms with E-state index in [9.17, 15) is 4.79 Å². The van der Waals surface area contributed by atoms with Crippen molar-refractivity contribution in [3.8, 4) is 5.75 Å². The fourth-order valence-electron chi connectivity index (χ4n) is 1.56. The molecule has 1 aromatic heterocycles. The molecule has 0 unspecified atom stereocenters. The fourth-order valence-corrected chi connectivity index (χ4v) is 1.56. The molecule has 1 aliphatic rings. The minimum Gasteiger partial charge on any atom is -0.485 e. The molecule has 1 fully saturated rings. The van der Waals surface area contributed by atoms with Gasteiger partial charge in [0, 0.05) is 14.0 Å². The van der Waals surface area contributed by atoms with Crippen molar-refractivity contribution in [2.24, 2.45) is 0 Å². The van der Waals surface area contributed by atoms with Gasteiger partial charge in [-0.25, -0.2) is 4.98 Å². The van der Waals surface area contributed by atoms with Crippen molar-refractivity contribution < 1.29 is 9.53 Å². The molecule has 1 aliphatic heterocycles. The topological polar surface area (TPSA) is 54.5 Å². The van der Waals surface area contributed by atoms with Crippen molar-refractivity contribution in [2.75, 3.05) is 25.5 Å². The van der Waals surface area contributed by atoms with Crippen molar-refractivity contribution in [1.29, 1.82) is 0 Å². The molecule has 0 atom stereocenters. The van der Waals surface area contributed by atoms with Gasteiger partial charge >= 0.3 is 0 Å². The molecule has 86 valence electrons. The Morgan fingerprint density at radius 2 is 2.31 bits per heavy atom. The number of likely N-dealkylation sites (tertiary alicyclic amines) is 1. The maximum Gasteiger partial charge on any atom is 0.219 e. The quantitative estimate of drug-likeness (QED) is 0.817. The van der Waals surface area contributed by atoms with Crippen molar-refractivity contribution in [1.82, 2.24) is 9.88 Å². The molecule has 16 heavy (non-hydrogen) atoms. The van der Waals surface area contributed by atoms with Crippen LogP contribution in [0.1, 0.15) is 6.92 Å². The first-order chi connectivity index (χ1) is 7.69. The third-order valence-electron chi connectivity index (χ3n) is 2.59. The predicted molar refractivity (Wildman–Crippen MR) is 60.5 cm³/mol. The Labute approximate surface area is 94.4 Å². The average Bonchev–Trinajstić information content (AvgIpc) is 2.23. The largest absolute Gasteiger partial charge is 0.485 e. The molecule has 1 saturated heterocycles. The number of hydrogen-bond donors (Lipinski definition) is 1. The number of rotatable bonds is 3. The number of nitrogens with one attached hydrogen (secondary N) is 1. The summed E-state index contributed by atoms with van der Waals surface area (Å²) in [6.07, 6.45) is 1.79. The van der Waals surface area contributed by atoms with E-state index < -0.39 is 0 Å². The second kappa shape index (κ2) is 4.38. The minimum atomic E-state index is 0.100. The highest BCUT2D eigenvalue weighted by Gasteiger charge is 2.30. The van der Waals surface area contributed by atoms with Crippen LogP contribution >= 0.6 is 0 Å². The van der Waals surface area contributed by atoms with Crippen LogP contribution < -0.4 is 10.1 Å². The molecule has 0 bridgehead atoms. The number of anilines is 1. The lowest BCUT2D eigenvalue weighted by molar-refractivity contribution is -0.137. The zero-order valence-electron chi connectivity index (χ0n) is 9.43. The normalized spacial score (nSPS) is 15.5. The molecule has 1 N–H and O–H groups in total. The number of carbonyl (C=O) groups excluding carboxylic acids is 1. The predicted octanol–water partition coefficient (Wildman–Crippen LogP) is 0.733. The maximum absolute atomic E-state index is 11.0. The van der Waals surface area contributed by atoms with Crippen LogP contribution in [0.2, 0.25) is 0 Å². The second-order valence-electron chi connectivity index (χ2n) is 3.79. The summed E-state index contributed by atoms with van der Waals surface area (Å²) in [5.74, 6) is 1.65. The number of amides is 1. The Hall–Kier alpha value is -1.78. The second-order valence-corrected chi connectivity index (χ2v) is 3.79. The van der Waals surface area contributed by atoms with Crippen LogP contribution in [0.5, 0.6) is 5.75 Å². The standard InChI is InChI=1S/C11H15N3O2/c1-8(15)14-6-10(7-14)16-9-3-4-11(12-2)13-5-9/h3-5,10H,6-7H2,1-2H3,(H,12,13). The summed E-state index contributed by atoms with van der Waals surface area (Å²) in [6.45, 7) is 2.91. The Kier molecular flexibility index (Phi) is 2.94. The van der Waals surface area contributed by atoms with Crippen molar-refractivity contribution in [3.05, 3.63) is 18.3 Å². The van der Waals surface area contributed by atoms with Crippen LogP contribution in [-0.2, 0) is 4.79 Å². The molecule has 0 spiro atoms. The third-order valence-corrected chi connectivity index (χ3v) is 2.59. The van der Waals surface area contributed by atoms with Crippen LogP contribution in [0, 0.1) is 0 Å². The Balaban J connectivity index is 1.84. The first kappa shape index (κ1) is 10.7. The lowest BCUT2D eigenvalue weighted by atomic mass is 10.1. The molecular formula is C11H15N3O2. The highest BCUT2D eigenvalue weighted by Crippen LogP contribution is 2.18. The molecule has 0 radical (unpaired) electrons. The lowest BCUT2D eigenvalue weighted by Gasteiger charge is -2.38. The van der Waals surface area contributed by atoms with E-state index in [2.05, 4.69) is 10.3 Å². The van der Waals surface area contributed by atoms with Gasteiger partial charge in [0.05, 0.1) is 19.3 Å². The first-order valence-corrected chi connectivity index (χ1v) is 5.25. The molecule has 0 aliphatic carbocycles. The van der Waals surface area contributed by atoms with Gasteiger partial charge in [0.2, 0.25) is 5.91 Å². The zero-order chi connectivity index (χ0) is 11.5. The van der Waals surface area contributed by atoms with Crippen LogP contribution in [-0.4, -0.2) is 42.0 Å². The summed E-state index contributed by atoms with van der Waals surface area (Å²) < 4.78 is 5.65. The SMILES string of the molecule is CNc1ccc(OC2CN(C(C)=O)C2)cn1. The number of pyridine rings is 1. The van der Waals surface area contributed by atoms with Gasteiger partial charge in [-0.05, 0) is 12.1 Å². The van der Waals surface area contributed by atoms with Crippen LogP contribution in [0.4, 0.5) is 5.82 Å². The van der Waals surface area contributed by atoms with Crippen LogP contribution in [0.3, 0.4) is 0 Å². The first-order valence-electron chi connectivity index (χ1n) is 5.25. The molecule has 5 heteroatoms. The van der Waals surface area contributed by atoms with E-state index in [1.165, 1.54) is 0 Å². The van der Waals surface area contributed by atoms with E-state index in [0.717, 1.165) is 11.6 Å². The zero-order valence-corrected chi connectivity index (χ0v) is 9.43. The van der Waals surface area contributed by atoms with Crippen LogP contribution in [0.15, 0.2) is 18.3 Å². The highest BCUT2D eigenvalue weighted by molar-refractivity contribution is 5.74. The Bertz CT molecular complexity index is 371. The molecular weight excluding hydrogens is 206 g/mol. The summed E-state index contributed by atoms with van der Waals surface area (Å²) in [4.78, 5) is 16.9. The number of carbonyl (C=O) groups is 1. The van der Waals surface area contributed by atoms with E-state index >= 15 is 0 Å². The van der Waals surface area contributed by atoms with Crippen molar-refractivity contribution >= 4 is 11.7 Å². The number of hydrogen-bond acceptors (Lipinski definition) is 4. The van der Waals surface area contributed by atoms with Gasteiger partial charge in [0.15, 0.2) is 0 Å². The van der Waals surface area contributed by atoms with E-state index in [4.69, 9.17) is 4.74 Å². The van der Waals surface area contributed by atoms with E-state index in [-0.39, 0.29) is 12.0 Å². The van der Waals surface area contributed by atoms with Crippen molar-refractivity contribution in [2.45, 2.75) is 13.0 Å². The monoisotopic (exact) mass is 221 g/mol. The minimum absolute atomic E-state index is 0.100.